The van der Waals surface area contributed by atoms with Crippen LogP contribution in [-0.4, -0.2) is 59.1 Å². The molecule has 2 heterocycles. The van der Waals surface area contributed by atoms with E-state index in [0.29, 0.717) is 6.54 Å². The van der Waals surface area contributed by atoms with E-state index in [4.69, 9.17) is 0 Å². The minimum absolute atomic E-state index is 0.0600. The van der Waals surface area contributed by atoms with Crippen LogP contribution in [0.15, 0.2) is 0 Å². The monoisotopic (exact) mass is 226 g/mol. The van der Waals surface area contributed by atoms with E-state index in [9.17, 15) is 9.90 Å². The van der Waals surface area contributed by atoms with Gasteiger partial charge in [0.15, 0.2) is 0 Å². The highest BCUT2D eigenvalue weighted by molar-refractivity contribution is 5.81. The van der Waals surface area contributed by atoms with Gasteiger partial charge in [-0.15, -0.1) is 0 Å². The number of piperidine rings is 1. The first-order valence-corrected chi connectivity index (χ1v) is 6.39. The minimum Gasteiger partial charge on any atom is -0.392 e. The van der Waals surface area contributed by atoms with Crippen LogP contribution in [0.2, 0.25) is 0 Å². The highest BCUT2D eigenvalue weighted by atomic mass is 16.3. The molecular formula is C12H22N2O2. The summed E-state index contributed by atoms with van der Waals surface area (Å²) in [4.78, 5) is 16.3. The van der Waals surface area contributed by atoms with Crippen LogP contribution in [-0.2, 0) is 4.79 Å². The number of nitrogens with zero attached hydrogens (tertiary/aromatic N) is 2. The molecule has 0 aliphatic carbocycles. The molecule has 0 saturated carbocycles. The molecule has 2 rings (SSSR count). The first-order chi connectivity index (χ1) is 7.68. The van der Waals surface area contributed by atoms with Crippen LogP contribution in [0, 0.1) is 0 Å². The topological polar surface area (TPSA) is 43.8 Å². The second kappa shape index (κ2) is 5.15. The van der Waals surface area contributed by atoms with Crippen LogP contribution < -0.4 is 0 Å². The van der Waals surface area contributed by atoms with E-state index in [-0.39, 0.29) is 18.1 Å². The summed E-state index contributed by atoms with van der Waals surface area (Å²) in [6.45, 7) is 5.30. The maximum Gasteiger partial charge on any atom is 0.239 e. The van der Waals surface area contributed by atoms with Gasteiger partial charge in [0, 0.05) is 26.2 Å². The first-order valence-electron chi connectivity index (χ1n) is 6.39. The third-order valence-electron chi connectivity index (χ3n) is 3.77. The highest BCUT2D eigenvalue weighted by Gasteiger charge is 2.31. The number of β-amino-alcohol motifs (C(OH)–C–C–N with tert-alkyl or cyclic N) is 1. The number of aliphatic hydroxyl groups excluding tert-OH is 1. The van der Waals surface area contributed by atoms with Crippen LogP contribution in [0.4, 0.5) is 0 Å². The van der Waals surface area contributed by atoms with Gasteiger partial charge in [0.1, 0.15) is 0 Å². The second-order valence-corrected chi connectivity index (χ2v) is 5.00. The molecule has 2 aliphatic heterocycles. The third-order valence-corrected chi connectivity index (χ3v) is 3.77. The molecule has 1 amide bonds. The molecule has 0 aromatic rings. The van der Waals surface area contributed by atoms with E-state index >= 15 is 0 Å². The van der Waals surface area contributed by atoms with Crippen molar-refractivity contribution in [2.24, 2.45) is 0 Å². The summed E-state index contributed by atoms with van der Waals surface area (Å²) in [6, 6.07) is -0.0600. The summed E-state index contributed by atoms with van der Waals surface area (Å²) in [5.41, 5.74) is 0. The Hall–Kier alpha value is -0.610. The van der Waals surface area contributed by atoms with Gasteiger partial charge >= 0.3 is 0 Å². The van der Waals surface area contributed by atoms with E-state index in [0.717, 1.165) is 38.9 Å². The number of hydrogen-bond donors (Lipinski definition) is 1. The summed E-state index contributed by atoms with van der Waals surface area (Å²) in [6.07, 6.45) is 4.09. The lowest BCUT2D eigenvalue weighted by Crippen LogP contribution is -2.48. The molecule has 4 nitrogen and oxygen atoms in total. The molecule has 1 N–H and O–H groups in total. The molecular weight excluding hydrogens is 204 g/mol. The van der Waals surface area contributed by atoms with Gasteiger partial charge in [-0.1, -0.05) is 0 Å². The van der Waals surface area contributed by atoms with Crippen molar-refractivity contribution >= 4 is 5.91 Å². The molecule has 0 aromatic carbocycles. The Balaban J connectivity index is 1.88. The normalized spacial score (nSPS) is 29.4. The second-order valence-electron chi connectivity index (χ2n) is 5.00. The molecule has 0 spiro atoms. The molecule has 4 heteroatoms. The summed E-state index contributed by atoms with van der Waals surface area (Å²) in [7, 11) is 0. The van der Waals surface area contributed by atoms with Gasteiger partial charge in [-0.3, -0.25) is 9.69 Å². The summed E-state index contributed by atoms with van der Waals surface area (Å²) >= 11 is 0. The van der Waals surface area contributed by atoms with Gasteiger partial charge in [0.25, 0.3) is 0 Å². The van der Waals surface area contributed by atoms with E-state index in [1.54, 1.807) is 0 Å². The maximum atomic E-state index is 12.2. The fraction of sp³-hybridized carbons (Fsp3) is 0.917. The van der Waals surface area contributed by atoms with Gasteiger partial charge < -0.3 is 10.0 Å². The van der Waals surface area contributed by atoms with Crippen LogP contribution in [0.5, 0.6) is 0 Å². The Morgan fingerprint density at radius 3 is 2.50 bits per heavy atom. The number of amides is 1. The smallest absolute Gasteiger partial charge is 0.239 e. The van der Waals surface area contributed by atoms with Crippen molar-refractivity contribution in [1.29, 1.82) is 0 Å². The zero-order valence-electron chi connectivity index (χ0n) is 10.1. The number of aliphatic hydroxyl groups is 1. The van der Waals surface area contributed by atoms with Crippen molar-refractivity contribution in [1.82, 2.24) is 9.80 Å². The predicted octanol–water partition coefficient (Wildman–Crippen LogP) is 0.454. The Labute approximate surface area is 97.2 Å². The number of likely N-dealkylation sites (tertiary alicyclic amines) is 2. The standard InChI is InChI=1S/C12H22N2O2/c1-10(14-8-5-11(15)9-14)12(16)13-6-3-2-4-7-13/h10-11,15H,2-9H2,1H3. The van der Waals surface area contributed by atoms with Crippen molar-refractivity contribution < 1.29 is 9.90 Å². The average Bonchev–Trinajstić information content (AvgIpc) is 2.75. The van der Waals surface area contributed by atoms with Crippen LogP contribution in [0.1, 0.15) is 32.6 Å². The van der Waals surface area contributed by atoms with Crippen LogP contribution >= 0.6 is 0 Å². The fourth-order valence-corrected chi connectivity index (χ4v) is 2.65. The third kappa shape index (κ3) is 2.55. The Morgan fingerprint density at radius 1 is 1.25 bits per heavy atom. The number of carbonyl (C=O) groups is 1. The highest BCUT2D eigenvalue weighted by Crippen LogP contribution is 2.16. The minimum atomic E-state index is -0.239. The number of carbonyl (C=O) groups excluding carboxylic acids is 1. The van der Waals surface area contributed by atoms with E-state index in [1.807, 2.05) is 11.8 Å². The fourth-order valence-electron chi connectivity index (χ4n) is 2.65. The predicted molar refractivity (Wildman–Crippen MR) is 62.1 cm³/mol. The van der Waals surface area contributed by atoms with Crippen LogP contribution in [0.25, 0.3) is 0 Å². The lowest BCUT2D eigenvalue weighted by Gasteiger charge is -2.32. The Morgan fingerprint density at radius 2 is 1.94 bits per heavy atom. The molecule has 16 heavy (non-hydrogen) atoms. The Bertz CT molecular complexity index is 251. The van der Waals surface area contributed by atoms with Crippen molar-refractivity contribution in [3.05, 3.63) is 0 Å². The molecule has 2 aliphatic rings. The molecule has 2 fully saturated rings. The summed E-state index contributed by atoms with van der Waals surface area (Å²) in [5, 5.41) is 9.47. The van der Waals surface area contributed by atoms with Crippen LogP contribution in [0.3, 0.4) is 0 Å². The molecule has 0 radical (unpaired) electrons. The van der Waals surface area contributed by atoms with Gasteiger partial charge in [0.05, 0.1) is 12.1 Å². The average molecular weight is 226 g/mol. The largest absolute Gasteiger partial charge is 0.392 e. The summed E-state index contributed by atoms with van der Waals surface area (Å²) in [5.74, 6) is 0.244. The maximum absolute atomic E-state index is 12.2. The quantitative estimate of drug-likeness (QED) is 0.743. The molecule has 0 aromatic heterocycles. The molecule has 2 saturated heterocycles. The van der Waals surface area contributed by atoms with Crippen molar-refractivity contribution in [2.45, 2.75) is 44.8 Å². The zero-order valence-corrected chi connectivity index (χ0v) is 10.1. The van der Waals surface area contributed by atoms with Crippen molar-refractivity contribution in [3.8, 4) is 0 Å². The number of hydrogen-bond acceptors (Lipinski definition) is 3. The first kappa shape index (κ1) is 11.9. The zero-order chi connectivity index (χ0) is 11.5. The van der Waals surface area contributed by atoms with E-state index in [1.165, 1.54) is 6.42 Å². The summed E-state index contributed by atoms with van der Waals surface area (Å²) < 4.78 is 0. The molecule has 2 unspecified atom stereocenters. The van der Waals surface area contributed by atoms with Crippen molar-refractivity contribution in [2.75, 3.05) is 26.2 Å². The van der Waals surface area contributed by atoms with Gasteiger partial charge in [0.2, 0.25) is 5.91 Å². The van der Waals surface area contributed by atoms with Gasteiger partial charge in [-0.05, 0) is 32.6 Å². The van der Waals surface area contributed by atoms with Crippen molar-refractivity contribution in [3.63, 3.8) is 0 Å². The van der Waals surface area contributed by atoms with Gasteiger partial charge in [-0.25, -0.2) is 0 Å². The van der Waals surface area contributed by atoms with E-state index in [2.05, 4.69) is 4.90 Å². The molecule has 0 bridgehead atoms. The molecule has 2 atom stereocenters. The lowest BCUT2D eigenvalue weighted by molar-refractivity contribution is -0.137. The lowest BCUT2D eigenvalue weighted by atomic mass is 10.1. The number of rotatable bonds is 2. The Kier molecular flexibility index (Phi) is 3.82. The SMILES string of the molecule is CC(C(=O)N1CCCCC1)N1CCC(O)C1. The molecule has 92 valence electrons. The van der Waals surface area contributed by atoms with E-state index < -0.39 is 0 Å². The van der Waals surface area contributed by atoms with Gasteiger partial charge in [-0.2, -0.15) is 0 Å².